The van der Waals surface area contributed by atoms with Crippen molar-refractivity contribution in [2.75, 3.05) is 16.0 Å². The summed E-state index contributed by atoms with van der Waals surface area (Å²) in [4.78, 5) is 71.1. The van der Waals surface area contributed by atoms with E-state index in [0.29, 0.717) is 62.0 Å². The lowest BCUT2D eigenvalue weighted by molar-refractivity contribution is -0.121. The molecule has 8 N–H and O–H groups in total. The number of benzene rings is 2. The molecule has 2 aliphatic heterocycles. The molecule has 20 heteroatoms. The van der Waals surface area contributed by atoms with E-state index in [0.717, 1.165) is 32.1 Å². The molecular weight excluding hydrogens is 863 g/mol. The standard InChI is InChI=1S/C22H21ClN6O3.C12H14ClN3O.C10H7N3O2/c23-17-6-3-7-18(26-17)27-20(30)19-12-8-9-13(10-12)29(19)22(32)25-15-11-28(21(24)31)16-5-2-1-4-14(15)16;13-9-2-1-3-10(15-9)16-12(17)11-7-4-5-8(6-7)14-11;11-6-15-9-5-13(10(12)14)8-4-2-1-3-7(8)9/h1-7,11-13,19H,8-10H2,(H2,24,31)(H,25,32)(H,26,27,30);1-3,7-8,11,14H,4-6H2,(H,15,16,17);1-5H,(H2,12,14)/t12-,13+,19-;7-,8+,11-;/m00./s1. The van der Waals surface area contributed by atoms with Crippen molar-refractivity contribution in [1.29, 1.82) is 5.26 Å². The van der Waals surface area contributed by atoms with Gasteiger partial charge in [-0.2, -0.15) is 0 Å². The first kappa shape index (κ1) is 43.4. The molecule has 6 heterocycles. The van der Waals surface area contributed by atoms with Crippen LogP contribution in [-0.4, -0.2) is 78.1 Å². The lowest BCUT2D eigenvalue weighted by Crippen LogP contribution is -2.52. The summed E-state index contributed by atoms with van der Waals surface area (Å²) in [6.45, 7) is 0. The van der Waals surface area contributed by atoms with Gasteiger partial charge in [0, 0.05) is 29.1 Å². The highest BCUT2D eigenvalue weighted by atomic mass is 35.5. The number of para-hydroxylation sites is 2. The first-order valence-corrected chi connectivity index (χ1v) is 21.2. The number of nitrogens with one attached hydrogen (secondary N) is 4. The second-order valence-electron chi connectivity index (χ2n) is 15.8. The van der Waals surface area contributed by atoms with Crippen molar-refractivity contribution in [3.8, 4) is 12.0 Å². The van der Waals surface area contributed by atoms with Gasteiger partial charge >= 0.3 is 18.1 Å². The normalized spacial score (nSPS) is 21.2. The lowest BCUT2D eigenvalue weighted by Gasteiger charge is -2.34. The summed E-state index contributed by atoms with van der Waals surface area (Å²) in [7, 11) is 0. The maximum Gasteiger partial charge on any atom is 0.323 e. The van der Waals surface area contributed by atoms with Crippen LogP contribution in [0, 0.1) is 23.4 Å². The second kappa shape index (κ2) is 18.6. The van der Waals surface area contributed by atoms with Crippen LogP contribution in [0.4, 0.5) is 31.7 Å². The fourth-order valence-electron chi connectivity index (χ4n) is 9.23. The molecular formula is C44H42Cl2N12O6. The van der Waals surface area contributed by atoms with Gasteiger partial charge in [0.15, 0.2) is 5.75 Å². The number of piperidine rings is 2. The first-order chi connectivity index (χ1) is 30.9. The van der Waals surface area contributed by atoms with Crippen LogP contribution in [0.3, 0.4) is 0 Å². The Kier molecular flexibility index (Phi) is 12.7. The van der Waals surface area contributed by atoms with E-state index in [9.17, 15) is 24.0 Å². The summed E-state index contributed by atoms with van der Waals surface area (Å²) in [5.41, 5.74) is 12.3. The largest absolute Gasteiger partial charge is 0.386 e. The van der Waals surface area contributed by atoms with Gasteiger partial charge in [0.2, 0.25) is 11.8 Å². The molecule has 64 heavy (non-hydrogen) atoms. The topological polar surface area (TPSA) is 257 Å². The average molecular weight is 906 g/mol. The third-order valence-corrected chi connectivity index (χ3v) is 12.3. The number of nitrogens with two attached hydrogens (primary N) is 2. The number of nitriles is 1. The molecule has 4 aromatic heterocycles. The number of pyridine rings is 2. The summed E-state index contributed by atoms with van der Waals surface area (Å²) in [6, 6.07) is 22.6. The molecule has 4 aliphatic rings. The van der Waals surface area contributed by atoms with Gasteiger partial charge in [-0.25, -0.2) is 24.4 Å². The van der Waals surface area contributed by atoms with Crippen LogP contribution in [0.25, 0.3) is 21.8 Å². The molecule has 0 radical (unpaired) electrons. The zero-order chi connectivity index (χ0) is 45.1. The zero-order valence-corrected chi connectivity index (χ0v) is 35.5. The molecule has 0 spiro atoms. The van der Waals surface area contributed by atoms with Crippen molar-refractivity contribution in [2.45, 2.75) is 62.7 Å². The summed E-state index contributed by atoms with van der Waals surface area (Å²) in [5.74, 6) is 1.47. The van der Waals surface area contributed by atoms with E-state index in [4.69, 9.17) is 44.7 Å². The molecule has 0 unspecified atom stereocenters. The summed E-state index contributed by atoms with van der Waals surface area (Å²) in [6.07, 6.45) is 10.5. The predicted octanol–water partition coefficient (Wildman–Crippen LogP) is 6.88. The number of ether oxygens (including phenoxy) is 1. The fourth-order valence-corrected chi connectivity index (χ4v) is 9.56. The predicted molar refractivity (Wildman–Crippen MR) is 240 cm³/mol. The molecule has 18 nitrogen and oxygen atoms in total. The molecule has 6 amide bonds. The van der Waals surface area contributed by atoms with Gasteiger partial charge in [-0.05, 0) is 92.8 Å². The van der Waals surface area contributed by atoms with Crippen molar-refractivity contribution in [1.82, 2.24) is 29.3 Å². The number of amides is 6. The number of carbonyl (C=O) groups excluding carboxylic acids is 5. The molecule has 6 aromatic rings. The van der Waals surface area contributed by atoms with Crippen molar-refractivity contribution >= 4 is 92.2 Å². The molecule has 2 aromatic carbocycles. The Morgan fingerprint density at radius 3 is 1.89 bits per heavy atom. The van der Waals surface area contributed by atoms with E-state index >= 15 is 0 Å². The van der Waals surface area contributed by atoms with E-state index in [1.54, 1.807) is 90.0 Å². The highest BCUT2D eigenvalue weighted by Gasteiger charge is 2.51. The minimum absolute atomic E-state index is 0.00645. The van der Waals surface area contributed by atoms with Crippen LogP contribution in [0.1, 0.15) is 38.5 Å². The number of hydrogen-bond acceptors (Lipinski definition) is 10. The van der Waals surface area contributed by atoms with Crippen molar-refractivity contribution < 1.29 is 28.7 Å². The van der Waals surface area contributed by atoms with E-state index < -0.39 is 18.1 Å². The Bertz CT molecular complexity index is 2820. The van der Waals surface area contributed by atoms with Gasteiger partial charge in [-0.3, -0.25) is 18.7 Å². The van der Waals surface area contributed by atoms with Gasteiger partial charge in [-0.1, -0.05) is 65.7 Å². The van der Waals surface area contributed by atoms with Gasteiger partial charge < -0.3 is 42.4 Å². The Labute approximate surface area is 375 Å². The number of halogens is 2. The monoisotopic (exact) mass is 904 g/mol. The number of fused-ring (bicyclic) bond motifs is 6. The van der Waals surface area contributed by atoms with Crippen LogP contribution < -0.4 is 37.5 Å². The number of anilines is 3. The number of likely N-dealkylation sites (tertiary alicyclic amines) is 1. The van der Waals surface area contributed by atoms with Crippen LogP contribution in [0.15, 0.2) is 97.3 Å². The fraction of sp³-hybridized carbons (Fsp3) is 0.273. The summed E-state index contributed by atoms with van der Waals surface area (Å²) < 4.78 is 7.25. The van der Waals surface area contributed by atoms with Gasteiger partial charge in [0.1, 0.15) is 28.0 Å². The van der Waals surface area contributed by atoms with Crippen LogP contribution in [0.5, 0.6) is 5.75 Å². The minimum Gasteiger partial charge on any atom is -0.386 e. The Hall–Kier alpha value is -7.20. The van der Waals surface area contributed by atoms with E-state index in [1.807, 2.05) is 6.07 Å². The highest BCUT2D eigenvalue weighted by Crippen LogP contribution is 2.43. The number of rotatable bonds is 6. The quantitative estimate of drug-likeness (QED) is 0.0746. The summed E-state index contributed by atoms with van der Waals surface area (Å²) >= 11 is 11.7. The van der Waals surface area contributed by atoms with E-state index in [2.05, 4.69) is 31.2 Å². The lowest BCUT2D eigenvalue weighted by atomic mass is 9.98. The summed E-state index contributed by atoms with van der Waals surface area (Å²) in [5, 5.41) is 22.3. The van der Waals surface area contributed by atoms with E-state index in [1.165, 1.54) is 27.9 Å². The van der Waals surface area contributed by atoms with Crippen LogP contribution in [0.2, 0.25) is 10.3 Å². The Morgan fingerprint density at radius 2 is 1.30 bits per heavy atom. The molecule has 2 saturated heterocycles. The number of primary amides is 2. The molecule has 4 bridgehead atoms. The maximum atomic E-state index is 13.3. The average Bonchev–Trinajstić information content (AvgIpc) is 4.15. The highest BCUT2D eigenvalue weighted by molar-refractivity contribution is 6.29. The first-order valence-electron chi connectivity index (χ1n) is 20.5. The molecule has 328 valence electrons. The third-order valence-electron chi connectivity index (χ3n) is 11.9. The second-order valence-corrected chi connectivity index (χ2v) is 16.5. The van der Waals surface area contributed by atoms with Crippen molar-refractivity contribution in [3.05, 3.63) is 108 Å². The minimum atomic E-state index is -0.645. The number of nitrogens with zero attached hydrogens (tertiary/aromatic N) is 6. The third kappa shape index (κ3) is 9.13. The number of urea groups is 1. The van der Waals surface area contributed by atoms with E-state index in [-0.39, 0.29) is 41.0 Å². The molecule has 10 rings (SSSR count). The number of aromatic nitrogens is 4. The van der Waals surface area contributed by atoms with Gasteiger partial charge in [-0.15, -0.1) is 5.26 Å². The molecule has 4 fully saturated rings. The molecule has 2 aliphatic carbocycles. The Morgan fingerprint density at radius 1 is 0.703 bits per heavy atom. The molecule has 2 saturated carbocycles. The van der Waals surface area contributed by atoms with Gasteiger partial charge in [0.25, 0.3) is 6.26 Å². The smallest absolute Gasteiger partial charge is 0.323 e. The zero-order valence-electron chi connectivity index (χ0n) is 34.0. The van der Waals surface area contributed by atoms with Crippen LogP contribution in [-0.2, 0) is 9.59 Å². The van der Waals surface area contributed by atoms with Gasteiger partial charge in [0.05, 0.1) is 29.0 Å². The number of hydrogen-bond donors (Lipinski definition) is 6. The Balaban J connectivity index is 0.000000146. The van der Waals surface area contributed by atoms with Crippen molar-refractivity contribution in [2.24, 2.45) is 23.3 Å². The van der Waals surface area contributed by atoms with Crippen molar-refractivity contribution in [3.63, 3.8) is 0 Å². The SMILES string of the molecule is N#COc1cn(C(N)=O)c2ccccc12.NC(=O)n1cc(NC(=O)N2[C@@H]3CC[C@@H](C3)[C@H]2C(=O)Nc2cccc(Cl)n2)c2ccccc21.O=C(Nc1cccc(Cl)n1)[C@H]1N[C@@H]2CC[C@H]1C2. The number of carbonyl (C=O) groups is 5. The van der Waals surface area contributed by atoms with Crippen LogP contribution >= 0.6 is 23.2 Å². The maximum absolute atomic E-state index is 13.3. The molecule has 6 atom stereocenters.